The molecule has 0 aliphatic rings. The fourth-order valence-electron chi connectivity index (χ4n) is 0.868. The van der Waals surface area contributed by atoms with Crippen LogP contribution in [-0.2, 0) is 4.79 Å². The molecule has 1 amide bonds. The molecule has 0 bridgehead atoms. The van der Waals surface area contributed by atoms with Crippen LogP contribution in [0.3, 0.4) is 0 Å². The number of aliphatic hydroxyl groups is 1. The summed E-state index contributed by atoms with van der Waals surface area (Å²) in [7, 11) is 0. The summed E-state index contributed by atoms with van der Waals surface area (Å²) in [5.74, 6) is 0.0188. The molecule has 0 aromatic heterocycles. The van der Waals surface area contributed by atoms with E-state index in [0.29, 0.717) is 18.2 Å². The Balaban J connectivity index is 3.79. The van der Waals surface area contributed by atoms with Gasteiger partial charge in [-0.15, -0.1) is 0 Å². The van der Waals surface area contributed by atoms with Crippen molar-refractivity contribution >= 4 is 21.8 Å². The lowest BCUT2D eigenvalue weighted by molar-refractivity contribution is -0.122. The molecule has 0 saturated carbocycles. The molecule has 0 saturated heterocycles. The van der Waals surface area contributed by atoms with Crippen molar-refractivity contribution in [1.82, 2.24) is 5.32 Å². The maximum absolute atomic E-state index is 11.1. The van der Waals surface area contributed by atoms with E-state index >= 15 is 0 Å². The van der Waals surface area contributed by atoms with Gasteiger partial charge in [0.25, 0.3) is 0 Å². The number of aliphatic hydroxyl groups excluding tert-OH is 1. The van der Waals surface area contributed by atoms with Crippen molar-refractivity contribution in [2.75, 3.05) is 11.9 Å². The topological polar surface area (TPSA) is 49.3 Å². The van der Waals surface area contributed by atoms with Gasteiger partial charge in [0, 0.05) is 23.9 Å². The van der Waals surface area contributed by atoms with E-state index in [9.17, 15) is 4.79 Å². The van der Waals surface area contributed by atoms with Gasteiger partial charge in [0.2, 0.25) is 5.91 Å². The second-order valence-corrected chi connectivity index (χ2v) is 4.14. The van der Waals surface area contributed by atoms with Crippen molar-refractivity contribution in [3.05, 3.63) is 0 Å². The molecule has 0 spiro atoms. The van der Waals surface area contributed by atoms with Gasteiger partial charge in [-0.05, 0) is 20.3 Å². The first kappa shape index (κ1) is 11.9. The van der Waals surface area contributed by atoms with Crippen LogP contribution in [0.1, 0.15) is 26.7 Å². The first-order valence-corrected chi connectivity index (χ1v) is 5.12. The number of carbonyl (C=O) groups excluding carboxylic acids is 1. The van der Waals surface area contributed by atoms with Crippen LogP contribution in [0.4, 0.5) is 0 Å². The Morgan fingerprint density at radius 1 is 1.58 bits per heavy atom. The Bertz CT molecular complexity index is 148. The summed E-state index contributed by atoms with van der Waals surface area (Å²) in [6, 6.07) is 0. The monoisotopic (exact) mass is 237 g/mol. The molecule has 0 unspecified atom stereocenters. The molecule has 0 rings (SSSR count). The van der Waals surface area contributed by atoms with Crippen LogP contribution in [0, 0.1) is 0 Å². The summed E-state index contributed by atoms with van der Waals surface area (Å²) >= 11 is 3.19. The Morgan fingerprint density at radius 2 is 2.17 bits per heavy atom. The lowest BCUT2D eigenvalue weighted by Crippen LogP contribution is -2.44. The van der Waals surface area contributed by atoms with Crippen LogP contribution < -0.4 is 5.32 Å². The highest BCUT2D eigenvalue weighted by atomic mass is 79.9. The second kappa shape index (κ2) is 5.54. The highest BCUT2D eigenvalue weighted by Gasteiger charge is 2.18. The zero-order valence-corrected chi connectivity index (χ0v) is 9.15. The van der Waals surface area contributed by atoms with E-state index in [0.717, 1.165) is 0 Å². The highest BCUT2D eigenvalue weighted by Crippen LogP contribution is 2.07. The van der Waals surface area contributed by atoms with Crippen molar-refractivity contribution in [2.45, 2.75) is 32.2 Å². The number of halogens is 1. The van der Waals surface area contributed by atoms with Gasteiger partial charge in [0.05, 0.1) is 0 Å². The minimum absolute atomic E-state index is 0.0188. The molecule has 72 valence electrons. The molecule has 0 aromatic carbocycles. The van der Waals surface area contributed by atoms with Crippen molar-refractivity contribution in [1.29, 1.82) is 0 Å². The van der Waals surface area contributed by atoms with E-state index in [1.807, 2.05) is 13.8 Å². The smallest absolute Gasteiger partial charge is 0.221 e. The predicted octanol–water partition coefficient (Wildman–Crippen LogP) is 1.05. The summed E-state index contributed by atoms with van der Waals surface area (Å²) in [5.41, 5.74) is -0.298. The molecule has 2 N–H and O–H groups in total. The summed E-state index contributed by atoms with van der Waals surface area (Å²) < 4.78 is 0. The second-order valence-electron chi connectivity index (χ2n) is 3.34. The third kappa shape index (κ3) is 5.55. The summed E-state index contributed by atoms with van der Waals surface area (Å²) in [6.07, 6.45) is 1.07. The zero-order chi connectivity index (χ0) is 9.61. The van der Waals surface area contributed by atoms with Gasteiger partial charge in [0.15, 0.2) is 0 Å². The van der Waals surface area contributed by atoms with Crippen molar-refractivity contribution in [3.8, 4) is 0 Å². The minimum atomic E-state index is -0.298. The van der Waals surface area contributed by atoms with Crippen LogP contribution in [0.15, 0.2) is 0 Å². The van der Waals surface area contributed by atoms with E-state index in [-0.39, 0.29) is 18.1 Å². The fraction of sp³-hybridized carbons (Fsp3) is 0.875. The molecule has 0 atom stereocenters. The number of hydrogen-bond donors (Lipinski definition) is 2. The molecule has 0 fully saturated rings. The standard InChI is InChI=1S/C8H16BrNO2/c1-8(2,4-6-11)10-7(12)3-5-9/h11H,3-6H2,1-2H3,(H,10,12). The molecular weight excluding hydrogens is 222 g/mol. The summed E-state index contributed by atoms with van der Waals surface area (Å²) in [6.45, 7) is 3.90. The van der Waals surface area contributed by atoms with E-state index in [1.54, 1.807) is 0 Å². The fourth-order valence-corrected chi connectivity index (χ4v) is 1.23. The van der Waals surface area contributed by atoms with Crippen LogP contribution in [-0.4, -0.2) is 28.5 Å². The van der Waals surface area contributed by atoms with Gasteiger partial charge in [-0.3, -0.25) is 4.79 Å². The third-order valence-corrected chi connectivity index (χ3v) is 1.93. The Morgan fingerprint density at radius 3 is 2.58 bits per heavy atom. The Kier molecular flexibility index (Phi) is 5.50. The largest absolute Gasteiger partial charge is 0.396 e. The van der Waals surface area contributed by atoms with Crippen molar-refractivity contribution in [2.24, 2.45) is 0 Å². The van der Waals surface area contributed by atoms with Gasteiger partial charge in [-0.2, -0.15) is 0 Å². The maximum Gasteiger partial charge on any atom is 0.221 e. The lowest BCUT2D eigenvalue weighted by Gasteiger charge is -2.25. The van der Waals surface area contributed by atoms with Gasteiger partial charge in [0.1, 0.15) is 0 Å². The SMILES string of the molecule is CC(C)(CCO)NC(=O)CCBr. The summed E-state index contributed by atoms with van der Waals surface area (Å²) in [5, 5.41) is 12.2. The molecule has 0 aromatic rings. The highest BCUT2D eigenvalue weighted by molar-refractivity contribution is 9.09. The molecule has 3 nitrogen and oxygen atoms in total. The van der Waals surface area contributed by atoms with Gasteiger partial charge in [-0.25, -0.2) is 0 Å². The number of hydrogen-bond acceptors (Lipinski definition) is 2. The maximum atomic E-state index is 11.1. The van der Waals surface area contributed by atoms with E-state index in [1.165, 1.54) is 0 Å². The first-order valence-electron chi connectivity index (χ1n) is 3.99. The normalized spacial score (nSPS) is 11.3. The Hall–Kier alpha value is -0.0900. The predicted molar refractivity (Wildman–Crippen MR) is 52.3 cm³/mol. The van der Waals surface area contributed by atoms with Crippen LogP contribution >= 0.6 is 15.9 Å². The number of nitrogens with one attached hydrogen (secondary N) is 1. The molecule has 12 heavy (non-hydrogen) atoms. The van der Waals surface area contributed by atoms with Crippen LogP contribution in [0.25, 0.3) is 0 Å². The molecule has 4 heteroatoms. The quantitative estimate of drug-likeness (QED) is 0.703. The number of alkyl halides is 1. The van der Waals surface area contributed by atoms with Crippen molar-refractivity contribution < 1.29 is 9.90 Å². The third-order valence-electron chi connectivity index (χ3n) is 1.54. The molecular formula is C8H16BrNO2. The first-order chi connectivity index (χ1) is 5.52. The molecule has 0 aliphatic heterocycles. The number of carbonyl (C=O) groups is 1. The molecule has 0 radical (unpaired) electrons. The van der Waals surface area contributed by atoms with Gasteiger partial charge in [-0.1, -0.05) is 15.9 Å². The van der Waals surface area contributed by atoms with Crippen LogP contribution in [0.5, 0.6) is 0 Å². The summed E-state index contributed by atoms with van der Waals surface area (Å²) in [4.78, 5) is 11.1. The van der Waals surface area contributed by atoms with E-state index in [4.69, 9.17) is 5.11 Å². The van der Waals surface area contributed by atoms with Gasteiger partial charge < -0.3 is 10.4 Å². The lowest BCUT2D eigenvalue weighted by atomic mass is 10.0. The van der Waals surface area contributed by atoms with Crippen molar-refractivity contribution in [3.63, 3.8) is 0 Å². The average Bonchev–Trinajstić information content (AvgIpc) is 1.85. The number of amides is 1. The average molecular weight is 238 g/mol. The Labute approximate surface area is 81.7 Å². The van der Waals surface area contributed by atoms with Gasteiger partial charge >= 0.3 is 0 Å². The van der Waals surface area contributed by atoms with Crippen LogP contribution in [0.2, 0.25) is 0 Å². The number of rotatable bonds is 5. The molecule has 0 heterocycles. The van der Waals surface area contributed by atoms with E-state index < -0.39 is 0 Å². The zero-order valence-electron chi connectivity index (χ0n) is 7.56. The van der Waals surface area contributed by atoms with E-state index in [2.05, 4.69) is 21.2 Å². The molecule has 0 aliphatic carbocycles. The minimum Gasteiger partial charge on any atom is -0.396 e.